The molecular formula is C30H38N6O. The van der Waals surface area contributed by atoms with E-state index in [1.54, 1.807) is 0 Å². The summed E-state index contributed by atoms with van der Waals surface area (Å²) in [6.45, 7) is 7.65. The maximum Gasteiger partial charge on any atom is 0.252 e. The molecule has 1 aliphatic rings. The predicted octanol–water partition coefficient (Wildman–Crippen LogP) is 5.86. The minimum absolute atomic E-state index is 0.00399. The van der Waals surface area contributed by atoms with E-state index in [1.165, 1.54) is 36.0 Å². The molecule has 1 saturated carbocycles. The lowest BCUT2D eigenvalue weighted by molar-refractivity contribution is 0.0812. The zero-order valence-corrected chi connectivity index (χ0v) is 22.3. The Labute approximate surface area is 218 Å². The number of H-pyrrole nitrogens is 1. The van der Waals surface area contributed by atoms with E-state index in [0.29, 0.717) is 19.1 Å². The van der Waals surface area contributed by atoms with Gasteiger partial charge in [-0.1, -0.05) is 62.9 Å². The van der Waals surface area contributed by atoms with Crippen LogP contribution in [0.1, 0.15) is 86.0 Å². The number of aryl methyl sites for hydroxylation is 2. The number of pyridine rings is 1. The van der Waals surface area contributed by atoms with Crippen molar-refractivity contribution in [3.63, 3.8) is 0 Å². The largest absolute Gasteiger partial charge is 0.322 e. The highest BCUT2D eigenvalue weighted by atomic mass is 16.1. The Morgan fingerprint density at radius 3 is 2.57 bits per heavy atom. The molecule has 0 amide bonds. The summed E-state index contributed by atoms with van der Waals surface area (Å²) in [5, 5.41) is 14.1. The maximum atomic E-state index is 13.3. The fraction of sp³-hybridized carbons (Fsp3) is 0.467. The van der Waals surface area contributed by atoms with E-state index in [2.05, 4.69) is 76.5 Å². The first kappa shape index (κ1) is 25.3. The van der Waals surface area contributed by atoms with Gasteiger partial charge in [-0.3, -0.25) is 9.69 Å². The van der Waals surface area contributed by atoms with Gasteiger partial charge in [0.2, 0.25) is 0 Å². The Bertz CT molecular complexity index is 1390. The number of aromatic nitrogens is 5. The van der Waals surface area contributed by atoms with Crippen LogP contribution in [0.4, 0.5) is 0 Å². The van der Waals surface area contributed by atoms with Gasteiger partial charge in [-0.2, -0.15) is 0 Å². The summed E-state index contributed by atoms with van der Waals surface area (Å²) >= 11 is 0. The quantitative estimate of drug-likeness (QED) is 0.313. The molecule has 1 aliphatic carbocycles. The highest BCUT2D eigenvalue weighted by Gasteiger charge is 2.32. The van der Waals surface area contributed by atoms with Crippen LogP contribution in [0.15, 0.2) is 53.3 Å². The van der Waals surface area contributed by atoms with Crippen LogP contribution in [-0.2, 0) is 13.1 Å². The highest BCUT2D eigenvalue weighted by Crippen LogP contribution is 2.34. The van der Waals surface area contributed by atoms with Crippen LogP contribution in [0.5, 0.6) is 0 Å². The zero-order valence-electron chi connectivity index (χ0n) is 22.3. The summed E-state index contributed by atoms with van der Waals surface area (Å²) in [6, 6.07) is 17.1. The third kappa shape index (κ3) is 5.67. The molecule has 4 aromatic rings. The average molecular weight is 499 g/mol. The number of rotatable bonds is 9. The maximum absolute atomic E-state index is 13.3. The first-order chi connectivity index (χ1) is 18.0. The predicted molar refractivity (Wildman–Crippen MR) is 147 cm³/mol. The van der Waals surface area contributed by atoms with E-state index < -0.39 is 0 Å². The summed E-state index contributed by atoms with van der Waals surface area (Å²) in [5.74, 6) is 0.889. The van der Waals surface area contributed by atoms with Gasteiger partial charge in [0.15, 0.2) is 5.82 Å². The number of nitrogens with one attached hydrogen (secondary N) is 1. The van der Waals surface area contributed by atoms with Crippen molar-refractivity contribution in [3.8, 4) is 0 Å². The molecule has 0 unspecified atom stereocenters. The monoisotopic (exact) mass is 498 g/mol. The number of hydrogen-bond donors (Lipinski definition) is 1. The summed E-state index contributed by atoms with van der Waals surface area (Å²) < 4.78 is 1.95. The van der Waals surface area contributed by atoms with Crippen molar-refractivity contribution in [1.82, 2.24) is 30.1 Å². The SMILES string of the molecule is CCC[C@H](c1nnnn1Cc1ccccc1)N(Cc1cc2cc(C)c(C)cc2[nH]c1=O)C1CCCCC1. The first-order valence-electron chi connectivity index (χ1n) is 13.7. The Morgan fingerprint density at radius 1 is 1.05 bits per heavy atom. The molecule has 194 valence electrons. The Morgan fingerprint density at radius 2 is 1.81 bits per heavy atom. The Balaban J connectivity index is 1.53. The fourth-order valence-corrected chi connectivity index (χ4v) is 5.78. The molecule has 0 spiro atoms. The van der Waals surface area contributed by atoms with Crippen LogP contribution in [-0.4, -0.2) is 36.1 Å². The van der Waals surface area contributed by atoms with Crippen LogP contribution in [0, 0.1) is 13.8 Å². The highest BCUT2D eigenvalue weighted by molar-refractivity contribution is 5.80. The van der Waals surface area contributed by atoms with Gasteiger partial charge in [0, 0.05) is 23.7 Å². The van der Waals surface area contributed by atoms with Crippen molar-refractivity contribution < 1.29 is 0 Å². The van der Waals surface area contributed by atoms with E-state index in [9.17, 15) is 4.79 Å². The molecule has 1 fully saturated rings. The average Bonchev–Trinajstić information content (AvgIpc) is 3.36. The van der Waals surface area contributed by atoms with Gasteiger partial charge in [-0.15, -0.1) is 5.10 Å². The molecule has 2 heterocycles. The van der Waals surface area contributed by atoms with E-state index in [1.807, 2.05) is 22.9 Å². The van der Waals surface area contributed by atoms with Crippen molar-refractivity contribution in [3.05, 3.63) is 87.0 Å². The number of fused-ring (bicyclic) bond motifs is 1. The molecule has 2 aromatic carbocycles. The van der Waals surface area contributed by atoms with E-state index in [0.717, 1.165) is 48.0 Å². The second-order valence-corrected chi connectivity index (χ2v) is 10.6. The van der Waals surface area contributed by atoms with E-state index in [4.69, 9.17) is 0 Å². The van der Waals surface area contributed by atoms with Crippen LogP contribution < -0.4 is 5.56 Å². The molecular weight excluding hydrogens is 460 g/mol. The molecule has 37 heavy (non-hydrogen) atoms. The molecule has 0 bridgehead atoms. The number of hydrogen-bond acceptors (Lipinski definition) is 5. The molecule has 0 aliphatic heterocycles. The molecule has 7 nitrogen and oxygen atoms in total. The van der Waals surface area contributed by atoms with Crippen LogP contribution in [0.2, 0.25) is 0 Å². The molecule has 1 atom stereocenters. The topological polar surface area (TPSA) is 79.7 Å². The van der Waals surface area contributed by atoms with Crippen molar-refractivity contribution in [2.75, 3.05) is 0 Å². The van der Waals surface area contributed by atoms with Gasteiger partial charge in [-0.05, 0) is 83.8 Å². The van der Waals surface area contributed by atoms with Gasteiger partial charge in [0.05, 0.1) is 12.6 Å². The molecule has 0 saturated heterocycles. The van der Waals surface area contributed by atoms with Gasteiger partial charge in [0.1, 0.15) is 0 Å². The molecule has 7 heteroatoms. The van der Waals surface area contributed by atoms with Gasteiger partial charge in [-0.25, -0.2) is 4.68 Å². The van der Waals surface area contributed by atoms with E-state index >= 15 is 0 Å². The number of tetrazole rings is 1. The first-order valence-corrected chi connectivity index (χ1v) is 13.7. The third-order valence-corrected chi connectivity index (χ3v) is 7.93. The lowest BCUT2D eigenvalue weighted by atomic mass is 9.91. The van der Waals surface area contributed by atoms with Gasteiger partial charge >= 0.3 is 0 Å². The van der Waals surface area contributed by atoms with E-state index in [-0.39, 0.29) is 11.6 Å². The summed E-state index contributed by atoms with van der Waals surface area (Å²) in [7, 11) is 0. The Kier molecular flexibility index (Phi) is 7.79. The second-order valence-electron chi connectivity index (χ2n) is 10.6. The van der Waals surface area contributed by atoms with Crippen molar-refractivity contribution >= 4 is 10.9 Å². The Hall–Kier alpha value is -3.32. The lowest BCUT2D eigenvalue weighted by Crippen LogP contribution is -2.41. The zero-order chi connectivity index (χ0) is 25.8. The number of benzene rings is 2. The lowest BCUT2D eigenvalue weighted by Gasteiger charge is -2.39. The molecule has 5 rings (SSSR count). The normalized spacial score (nSPS) is 15.5. The third-order valence-electron chi connectivity index (χ3n) is 7.93. The van der Waals surface area contributed by atoms with Gasteiger partial charge < -0.3 is 4.98 Å². The van der Waals surface area contributed by atoms with Crippen LogP contribution in [0.25, 0.3) is 10.9 Å². The van der Waals surface area contributed by atoms with Gasteiger partial charge in [0.25, 0.3) is 5.56 Å². The van der Waals surface area contributed by atoms with Crippen molar-refractivity contribution in [1.29, 1.82) is 0 Å². The summed E-state index contributed by atoms with van der Waals surface area (Å²) in [5.41, 5.74) is 5.30. The number of nitrogens with zero attached hydrogens (tertiary/aromatic N) is 5. The fourth-order valence-electron chi connectivity index (χ4n) is 5.78. The summed E-state index contributed by atoms with van der Waals surface area (Å²) in [6.07, 6.45) is 7.97. The standard InChI is InChI=1S/C30H38N6O/c1-4-11-28(29-32-33-34-36(29)19-23-12-7-5-8-13-23)35(26-14-9-6-10-15-26)20-25-18-24-16-21(2)22(3)17-27(24)31-30(25)37/h5,7-8,12-13,16-18,26,28H,4,6,9-11,14-15,19-20H2,1-3H3,(H,31,37)/t28-/m1/s1. The molecule has 1 N–H and O–H groups in total. The second kappa shape index (κ2) is 11.4. The smallest absolute Gasteiger partial charge is 0.252 e. The van der Waals surface area contributed by atoms with Crippen LogP contribution >= 0.6 is 0 Å². The summed E-state index contributed by atoms with van der Waals surface area (Å²) in [4.78, 5) is 19.0. The van der Waals surface area contributed by atoms with Crippen LogP contribution in [0.3, 0.4) is 0 Å². The number of aromatic amines is 1. The minimum Gasteiger partial charge on any atom is -0.322 e. The molecule has 0 radical (unpaired) electrons. The molecule has 2 aromatic heterocycles. The van der Waals surface area contributed by atoms with Crippen molar-refractivity contribution in [2.24, 2.45) is 0 Å². The minimum atomic E-state index is -0.00399. The van der Waals surface area contributed by atoms with Crippen molar-refractivity contribution in [2.45, 2.75) is 90.9 Å².